The fraction of sp³-hybridized carbons (Fsp3) is 0.469. The minimum atomic E-state index is -4.58. The number of anilines is 3. The highest BCUT2D eigenvalue weighted by Crippen LogP contribution is 2.48. The molecule has 6 rings (SSSR count). The van der Waals surface area contributed by atoms with E-state index in [1.54, 1.807) is 41.3 Å². The second kappa shape index (κ2) is 14.6. The Labute approximate surface area is 286 Å². The molecule has 13 nitrogen and oxygen atoms in total. The summed E-state index contributed by atoms with van der Waals surface area (Å²) in [6.45, 7) is 0.367. The van der Waals surface area contributed by atoms with Gasteiger partial charge in [0.2, 0.25) is 11.9 Å². The molecule has 3 aliphatic rings. The molecule has 6 N–H and O–H groups in total. The number of nitrogens with one attached hydrogen (secondary N) is 3. The number of aliphatic hydroxyl groups excluding tert-OH is 1. The fourth-order valence-electron chi connectivity index (χ4n) is 5.95. The number of piperazine rings is 1. The summed E-state index contributed by atoms with van der Waals surface area (Å²) in [6.07, 6.45) is -0.0586. The van der Waals surface area contributed by atoms with E-state index in [-0.39, 0.29) is 23.8 Å². The lowest BCUT2D eigenvalue weighted by molar-refractivity contribution is -0.154. The number of amides is 1. The molecule has 1 amide bonds. The first kappa shape index (κ1) is 34.5. The van der Waals surface area contributed by atoms with Crippen molar-refractivity contribution < 1.29 is 27.8 Å². The van der Waals surface area contributed by atoms with Crippen molar-refractivity contribution in [2.24, 2.45) is 10.7 Å². The molecule has 0 spiro atoms. The van der Waals surface area contributed by atoms with Crippen molar-refractivity contribution in [1.29, 1.82) is 0 Å². The van der Waals surface area contributed by atoms with E-state index in [9.17, 15) is 23.1 Å². The maximum absolute atomic E-state index is 13.3. The van der Waals surface area contributed by atoms with Gasteiger partial charge in [-0.25, -0.2) is 4.99 Å². The first-order valence-electron chi connectivity index (χ1n) is 16.1. The van der Waals surface area contributed by atoms with Gasteiger partial charge in [-0.05, 0) is 67.6 Å². The normalized spacial score (nSPS) is 18.6. The Hall–Kier alpha value is -4.41. The van der Waals surface area contributed by atoms with Crippen LogP contribution >= 0.6 is 11.6 Å². The van der Waals surface area contributed by atoms with Crippen molar-refractivity contribution in [2.75, 3.05) is 43.4 Å². The van der Waals surface area contributed by atoms with Crippen molar-refractivity contribution in [3.05, 3.63) is 64.7 Å². The van der Waals surface area contributed by atoms with Crippen LogP contribution in [-0.2, 0) is 5.54 Å². The quantitative estimate of drug-likeness (QED) is 0.117. The van der Waals surface area contributed by atoms with Crippen LogP contribution in [0.5, 0.6) is 6.01 Å². The van der Waals surface area contributed by atoms with Crippen LogP contribution in [0.25, 0.3) is 0 Å². The van der Waals surface area contributed by atoms with Gasteiger partial charge in [0.25, 0.3) is 5.91 Å². The van der Waals surface area contributed by atoms with Gasteiger partial charge >= 0.3 is 12.2 Å². The molecular weight excluding hydrogens is 665 g/mol. The average Bonchev–Trinajstić information content (AvgIpc) is 3.66. The Kier molecular flexibility index (Phi) is 10.3. The highest BCUT2D eigenvalue weighted by Gasteiger charge is 2.45. The maximum atomic E-state index is 13.3. The molecule has 0 bridgehead atoms. The number of benzene rings is 2. The molecule has 2 aliphatic carbocycles. The van der Waals surface area contributed by atoms with Gasteiger partial charge in [-0.15, -0.1) is 0 Å². The molecule has 49 heavy (non-hydrogen) atoms. The first-order chi connectivity index (χ1) is 23.4. The van der Waals surface area contributed by atoms with E-state index in [2.05, 4.69) is 30.9 Å². The summed E-state index contributed by atoms with van der Waals surface area (Å²) in [7, 11) is 0. The molecule has 17 heteroatoms. The lowest BCUT2D eigenvalue weighted by Gasteiger charge is -2.37. The third-order valence-electron chi connectivity index (χ3n) is 8.64. The molecule has 1 saturated heterocycles. The number of hydrogen-bond donors (Lipinski definition) is 5. The summed E-state index contributed by atoms with van der Waals surface area (Å²) in [6, 6.07) is 13.6. The Balaban J connectivity index is 1.11. The lowest BCUT2D eigenvalue weighted by Crippen LogP contribution is -2.56. The van der Waals surface area contributed by atoms with Crippen molar-refractivity contribution in [2.45, 2.75) is 62.6 Å². The van der Waals surface area contributed by atoms with Crippen molar-refractivity contribution >= 4 is 41.1 Å². The van der Waals surface area contributed by atoms with Gasteiger partial charge < -0.3 is 35.6 Å². The van der Waals surface area contributed by atoms with Gasteiger partial charge in [-0.1, -0.05) is 36.6 Å². The molecule has 1 unspecified atom stereocenters. The van der Waals surface area contributed by atoms with Crippen LogP contribution in [-0.4, -0.2) is 93.1 Å². The zero-order valence-corrected chi connectivity index (χ0v) is 27.3. The zero-order chi connectivity index (χ0) is 34.6. The van der Waals surface area contributed by atoms with Crippen molar-refractivity contribution in [3.8, 4) is 6.01 Å². The van der Waals surface area contributed by atoms with E-state index >= 15 is 0 Å². The van der Waals surface area contributed by atoms with Crippen LogP contribution in [0.1, 0.15) is 54.4 Å². The molecular formula is C32H38ClF3N10O3. The number of guanidine groups is 1. The topological polar surface area (TPSA) is 166 Å². The molecule has 1 aromatic heterocycles. The second-order valence-corrected chi connectivity index (χ2v) is 12.8. The summed E-state index contributed by atoms with van der Waals surface area (Å²) in [4.78, 5) is 34.4. The van der Waals surface area contributed by atoms with Crippen LogP contribution in [0.4, 0.5) is 30.8 Å². The Morgan fingerprint density at radius 2 is 1.63 bits per heavy atom. The molecule has 1 atom stereocenters. The van der Waals surface area contributed by atoms with E-state index in [4.69, 9.17) is 27.1 Å². The molecule has 3 fully saturated rings. The number of nitrogens with two attached hydrogens (primary N) is 1. The minimum absolute atomic E-state index is 0.0388. The number of aliphatic imine (C=N–C) groups is 1. The van der Waals surface area contributed by atoms with Crippen LogP contribution in [0, 0.1) is 0 Å². The van der Waals surface area contributed by atoms with Crippen molar-refractivity contribution in [3.63, 3.8) is 0 Å². The van der Waals surface area contributed by atoms with Crippen LogP contribution < -0.4 is 26.4 Å². The van der Waals surface area contributed by atoms with Crippen LogP contribution in [0.2, 0.25) is 5.02 Å². The van der Waals surface area contributed by atoms with Crippen LogP contribution in [0.3, 0.4) is 0 Å². The highest BCUT2D eigenvalue weighted by molar-refractivity contribution is 6.30. The molecule has 2 saturated carbocycles. The Bertz CT molecular complexity index is 1620. The van der Waals surface area contributed by atoms with Crippen LogP contribution in [0.15, 0.2) is 53.5 Å². The third-order valence-corrected chi connectivity index (χ3v) is 8.89. The summed E-state index contributed by atoms with van der Waals surface area (Å²) in [5, 5.41) is 19.4. The van der Waals surface area contributed by atoms with Gasteiger partial charge in [0.1, 0.15) is 0 Å². The zero-order valence-electron chi connectivity index (χ0n) is 26.6. The summed E-state index contributed by atoms with van der Waals surface area (Å²) < 4.78 is 43.7. The number of aliphatic hydroxyl groups is 1. The van der Waals surface area contributed by atoms with E-state index in [1.807, 2.05) is 17.0 Å². The number of carbonyl (C=O) groups excluding carboxylic acids is 1. The van der Waals surface area contributed by atoms with Gasteiger partial charge in [-0.3, -0.25) is 10.5 Å². The molecule has 1 aliphatic heterocycles. The molecule has 2 aromatic carbocycles. The molecule has 2 heterocycles. The molecule has 3 aromatic rings. The standard InChI is InChI=1S/C32H38ClF3N10O3/c33-22-9-7-21(8-10-22)31(13-14-31)44-28-41-27(42-30(43-28)49-19-32(34,35)36)38-24-11-5-20(6-12-24)25(47)45-15-17-46(18-16-45)29(40-26(37)48)39-23-3-1-2-4-23/h5-12,23,26,48H,1-4,13-19,37H2,(H,39,40)(H2,38,41,42,43,44). The van der Waals surface area contributed by atoms with E-state index in [0.29, 0.717) is 48.4 Å². The fourth-order valence-corrected chi connectivity index (χ4v) is 6.08. The molecule has 262 valence electrons. The number of halogens is 4. The van der Waals surface area contributed by atoms with Gasteiger partial charge in [-0.2, -0.15) is 28.1 Å². The number of aromatic nitrogens is 3. The number of alkyl halides is 3. The smallest absolute Gasteiger partial charge is 0.422 e. The second-order valence-electron chi connectivity index (χ2n) is 12.3. The van der Waals surface area contributed by atoms with Gasteiger partial charge in [0.05, 0.1) is 11.6 Å². The van der Waals surface area contributed by atoms with E-state index < -0.39 is 30.7 Å². The third kappa shape index (κ3) is 9.19. The average molecular weight is 703 g/mol. The summed E-state index contributed by atoms with van der Waals surface area (Å²) in [5.74, 6) is 0.396. The first-order valence-corrected chi connectivity index (χ1v) is 16.5. The Morgan fingerprint density at radius 3 is 2.24 bits per heavy atom. The SMILES string of the molecule is NC(O)NC(=NC1CCCC1)N1CCN(C(=O)c2ccc(Nc3nc(NC4(c5ccc(Cl)cc5)CC4)nc(OCC(F)(F)F)n3)cc2)CC1. The lowest BCUT2D eigenvalue weighted by atomic mass is 10.1. The van der Waals surface area contributed by atoms with Crippen molar-refractivity contribution in [1.82, 2.24) is 30.1 Å². The minimum Gasteiger partial charge on any atom is -0.454 e. The van der Waals surface area contributed by atoms with E-state index in [0.717, 1.165) is 44.1 Å². The van der Waals surface area contributed by atoms with Gasteiger partial charge in [0.15, 0.2) is 18.9 Å². The maximum Gasteiger partial charge on any atom is 0.422 e. The number of carbonyl (C=O) groups is 1. The number of ether oxygens (including phenoxy) is 1. The highest BCUT2D eigenvalue weighted by atomic mass is 35.5. The summed E-state index contributed by atoms with van der Waals surface area (Å²) in [5.41, 5.74) is 6.99. The predicted molar refractivity (Wildman–Crippen MR) is 178 cm³/mol. The Morgan fingerprint density at radius 1 is 1.00 bits per heavy atom. The largest absolute Gasteiger partial charge is 0.454 e. The van der Waals surface area contributed by atoms with Gasteiger partial charge in [0, 0.05) is 42.5 Å². The number of hydrogen-bond acceptors (Lipinski definition) is 10. The predicted octanol–water partition coefficient (Wildman–Crippen LogP) is 4.19. The number of rotatable bonds is 10. The summed E-state index contributed by atoms with van der Waals surface area (Å²) >= 11 is 6.04. The number of nitrogens with zero attached hydrogens (tertiary/aromatic N) is 6. The molecule has 0 radical (unpaired) electrons. The monoisotopic (exact) mass is 702 g/mol. The van der Waals surface area contributed by atoms with E-state index in [1.165, 1.54) is 0 Å².